The fourth-order valence-electron chi connectivity index (χ4n) is 1.64. The maximum atomic E-state index is 11.8. The van der Waals surface area contributed by atoms with Crippen molar-refractivity contribution in [2.24, 2.45) is 5.41 Å². The molecule has 0 saturated carbocycles. The van der Waals surface area contributed by atoms with Crippen molar-refractivity contribution in [1.82, 2.24) is 4.90 Å². The molecule has 0 fully saturated rings. The van der Waals surface area contributed by atoms with Crippen molar-refractivity contribution in [2.45, 2.75) is 59.9 Å². The van der Waals surface area contributed by atoms with E-state index in [1.165, 1.54) is 6.08 Å². The van der Waals surface area contributed by atoms with Gasteiger partial charge < -0.3 is 9.64 Å². The van der Waals surface area contributed by atoms with Crippen LogP contribution in [-0.4, -0.2) is 35.5 Å². The lowest BCUT2D eigenvalue weighted by molar-refractivity contribution is -0.153. The van der Waals surface area contributed by atoms with E-state index in [-0.39, 0.29) is 17.4 Å². The van der Waals surface area contributed by atoms with Gasteiger partial charge in [-0.25, -0.2) is 0 Å². The molecule has 0 saturated heterocycles. The molecule has 1 amide bonds. The van der Waals surface area contributed by atoms with E-state index in [4.69, 9.17) is 4.74 Å². The van der Waals surface area contributed by atoms with E-state index in [0.717, 1.165) is 12.8 Å². The zero-order valence-electron chi connectivity index (χ0n) is 13.8. The maximum absolute atomic E-state index is 11.8. The first-order valence-corrected chi connectivity index (χ1v) is 7.11. The molecule has 0 aromatic rings. The van der Waals surface area contributed by atoms with E-state index >= 15 is 0 Å². The minimum absolute atomic E-state index is 0.0656. The molecule has 116 valence electrons. The van der Waals surface area contributed by atoms with Crippen molar-refractivity contribution in [1.29, 1.82) is 0 Å². The lowest BCUT2D eigenvalue weighted by Crippen LogP contribution is -2.45. The molecular formula is C16H29NO3. The summed E-state index contributed by atoms with van der Waals surface area (Å²) in [5.74, 6) is -0.253. The predicted molar refractivity (Wildman–Crippen MR) is 81.3 cm³/mol. The maximum Gasteiger partial charge on any atom is 0.311 e. The van der Waals surface area contributed by atoms with Crippen LogP contribution in [0.1, 0.15) is 54.4 Å². The van der Waals surface area contributed by atoms with Crippen molar-refractivity contribution in [2.75, 3.05) is 13.2 Å². The second kappa shape index (κ2) is 7.46. The Hall–Kier alpha value is -1.32. The van der Waals surface area contributed by atoms with E-state index in [2.05, 4.69) is 6.58 Å². The zero-order valence-corrected chi connectivity index (χ0v) is 13.8. The van der Waals surface area contributed by atoms with Crippen LogP contribution >= 0.6 is 0 Å². The first-order valence-electron chi connectivity index (χ1n) is 7.11. The SMILES string of the molecule is C=CC(=O)N(CCCCOC(=O)C(C)(C)C)C(C)(C)C. The summed E-state index contributed by atoms with van der Waals surface area (Å²) in [6.07, 6.45) is 2.89. The molecule has 0 N–H and O–H groups in total. The Morgan fingerprint density at radius 3 is 2.05 bits per heavy atom. The van der Waals surface area contributed by atoms with Crippen LogP contribution in [0.15, 0.2) is 12.7 Å². The molecule has 0 bridgehead atoms. The molecule has 0 aliphatic rings. The normalized spacial score (nSPS) is 11.9. The Kier molecular flexibility index (Phi) is 6.97. The van der Waals surface area contributed by atoms with Gasteiger partial charge in [-0.3, -0.25) is 9.59 Å². The fourth-order valence-corrected chi connectivity index (χ4v) is 1.64. The highest BCUT2D eigenvalue weighted by molar-refractivity contribution is 5.87. The smallest absolute Gasteiger partial charge is 0.311 e. The first kappa shape index (κ1) is 18.7. The topological polar surface area (TPSA) is 46.6 Å². The third-order valence-corrected chi connectivity index (χ3v) is 2.87. The molecule has 0 spiro atoms. The van der Waals surface area contributed by atoms with Gasteiger partial charge in [0.25, 0.3) is 0 Å². The van der Waals surface area contributed by atoms with E-state index in [1.54, 1.807) is 4.90 Å². The molecule has 0 atom stereocenters. The fraction of sp³-hybridized carbons (Fsp3) is 0.750. The molecule has 0 aliphatic heterocycles. The largest absolute Gasteiger partial charge is 0.465 e. The van der Waals surface area contributed by atoms with Gasteiger partial charge in [0, 0.05) is 12.1 Å². The summed E-state index contributed by atoms with van der Waals surface area (Å²) in [6.45, 7) is 16.0. The van der Waals surface area contributed by atoms with Gasteiger partial charge >= 0.3 is 5.97 Å². The molecular weight excluding hydrogens is 254 g/mol. The van der Waals surface area contributed by atoms with Gasteiger partial charge in [0.2, 0.25) is 5.91 Å². The molecule has 4 heteroatoms. The molecule has 0 heterocycles. The molecule has 0 radical (unpaired) electrons. The number of nitrogens with zero attached hydrogens (tertiary/aromatic N) is 1. The molecule has 0 aliphatic carbocycles. The van der Waals surface area contributed by atoms with Crippen LogP contribution < -0.4 is 0 Å². The first-order chi connectivity index (χ1) is 9.00. The average molecular weight is 283 g/mol. The standard InChI is InChI=1S/C16H29NO3/c1-8-13(18)17(16(5,6)7)11-9-10-12-20-14(19)15(2,3)4/h8H,1,9-12H2,2-7H3. The van der Waals surface area contributed by atoms with E-state index in [9.17, 15) is 9.59 Å². The average Bonchev–Trinajstić information content (AvgIpc) is 2.29. The quantitative estimate of drug-likeness (QED) is 0.427. The van der Waals surface area contributed by atoms with Gasteiger partial charge in [0.15, 0.2) is 0 Å². The molecule has 20 heavy (non-hydrogen) atoms. The Morgan fingerprint density at radius 1 is 1.10 bits per heavy atom. The zero-order chi connectivity index (χ0) is 16.0. The van der Waals surface area contributed by atoms with Crippen LogP contribution in [-0.2, 0) is 14.3 Å². The van der Waals surface area contributed by atoms with Crippen LogP contribution in [0.3, 0.4) is 0 Å². The lowest BCUT2D eigenvalue weighted by atomic mass is 9.97. The molecule has 0 rings (SSSR count). The third-order valence-electron chi connectivity index (χ3n) is 2.87. The number of esters is 1. The highest BCUT2D eigenvalue weighted by atomic mass is 16.5. The Balaban J connectivity index is 4.12. The number of hydrogen-bond acceptors (Lipinski definition) is 3. The number of ether oxygens (including phenoxy) is 1. The molecule has 4 nitrogen and oxygen atoms in total. The summed E-state index contributed by atoms with van der Waals surface area (Å²) >= 11 is 0. The van der Waals surface area contributed by atoms with Gasteiger partial charge in [-0.2, -0.15) is 0 Å². The summed E-state index contributed by atoms with van der Waals surface area (Å²) in [4.78, 5) is 25.1. The number of carbonyl (C=O) groups excluding carboxylic acids is 2. The second-order valence-electron chi connectivity index (χ2n) is 6.96. The van der Waals surface area contributed by atoms with E-state index in [0.29, 0.717) is 13.2 Å². The molecule has 0 unspecified atom stereocenters. The van der Waals surface area contributed by atoms with Crippen molar-refractivity contribution in [3.05, 3.63) is 12.7 Å². The second-order valence-corrected chi connectivity index (χ2v) is 6.96. The molecule has 0 aromatic carbocycles. The Bertz CT molecular complexity index is 348. The van der Waals surface area contributed by atoms with Gasteiger partial charge in [0.05, 0.1) is 12.0 Å². The van der Waals surface area contributed by atoms with E-state index in [1.807, 2.05) is 41.5 Å². The van der Waals surface area contributed by atoms with Crippen molar-refractivity contribution < 1.29 is 14.3 Å². The van der Waals surface area contributed by atoms with Crippen LogP contribution in [0.2, 0.25) is 0 Å². The van der Waals surface area contributed by atoms with Gasteiger partial charge in [-0.1, -0.05) is 6.58 Å². The van der Waals surface area contributed by atoms with Crippen molar-refractivity contribution >= 4 is 11.9 Å². The van der Waals surface area contributed by atoms with Crippen LogP contribution in [0.4, 0.5) is 0 Å². The highest BCUT2D eigenvalue weighted by Gasteiger charge is 2.24. The third kappa shape index (κ3) is 6.73. The van der Waals surface area contributed by atoms with Crippen LogP contribution in [0.25, 0.3) is 0 Å². The lowest BCUT2D eigenvalue weighted by Gasteiger charge is -2.35. The number of rotatable bonds is 6. The van der Waals surface area contributed by atoms with Gasteiger partial charge in [-0.15, -0.1) is 0 Å². The summed E-state index contributed by atoms with van der Waals surface area (Å²) < 4.78 is 5.20. The number of hydrogen-bond donors (Lipinski definition) is 0. The monoisotopic (exact) mass is 283 g/mol. The van der Waals surface area contributed by atoms with Crippen LogP contribution in [0, 0.1) is 5.41 Å². The summed E-state index contributed by atoms with van der Waals surface area (Å²) in [6, 6.07) is 0. The highest BCUT2D eigenvalue weighted by Crippen LogP contribution is 2.17. The number of amides is 1. The summed E-state index contributed by atoms with van der Waals surface area (Å²) in [7, 11) is 0. The number of unbranched alkanes of at least 4 members (excludes halogenated alkanes) is 1. The van der Waals surface area contributed by atoms with Gasteiger partial charge in [-0.05, 0) is 60.5 Å². The van der Waals surface area contributed by atoms with Crippen molar-refractivity contribution in [3.8, 4) is 0 Å². The predicted octanol–water partition coefficient (Wildman–Crippen LogP) is 3.17. The minimum atomic E-state index is -0.462. The van der Waals surface area contributed by atoms with Gasteiger partial charge in [0.1, 0.15) is 0 Å². The Labute approximate surface area is 123 Å². The van der Waals surface area contributed by atoms with E-state index < -0.39 is 5.41 Å². The van der Waals surface area contributed by atoms with Crippen molar-refractivity contribution in [3.63, 3.8) is 0 Å². The molecule has 0 aromatic heterocycles. The van der Waals surface area contributed by atoms with Crippen LogP contribution in [0.5, 0.6) is 0 Å². The Morgan fingerprint density at radius 2 is 1.65 bits per heavy atom. The summed E-state index contributed by atoms with van der Waals surface area (Å²) in [5, 5.41) is 0. The minimum Gasteiger partial charge on any atom is -0.465 e. The number of carbonyl (C=O) groups is 2. The summed E-state index contributed by atoms with van der Waals surface area (Å²) in [5.41, 5.74) is -0.691.